The first-order valence-corrected chi connectivity index (χ1v) is 5.16. The molecule has 18 heavy (non-hydrogen) atoms. The van der Waals surface area contributed by atoms with E-state index in [0.717, 1.165) is 12.2 Å². The van der Waals surface area contributed by atoms with Gasteiger partial charge in [0.15, 0.2) is 0 Å². The van der Waals surface area contributed by atoms with Gasteiger partial charge in [-0.2, -0.15) is 9.28 Å². The summed E-state index contributed by atoms with van der Waals surface area (Å²) < 4.78 is 14.0. The van der Waals surface area contributed by atoms with E-state index >= 15 is 0 Å². The summed E-state index contributed by atoms with van der Waals surface area (Å²) in [5.41, 5.74) is 0. The Morgan fingerprint density at radius 2 is 1.72 bits per heavy atom. The van der Waals surface area contributed by atoms with E-state index < -0.39 is 22.5 Å². The SMILES string of the molecule is C=CC(=O)OC[N+]1(COC(=O)C=C)CCOC1=O. The third-order valence-corrected chi connectivity index (χ3v) is 2.37. The Morgan fingerprint density at radius 3 is 2.06 bits per heavy atom. The van der Waals surface area contributed by atoms with Crippen LogP contribution in [0.1, 0.15) is 0 Å². The fourth-order valence-corrected chi connectivity index (χ4v) is 1.30. The van der Waals surface area contributed by atoms with Crippen LogP contribution in [0.15, 0.2) is 25.3 Å². The lowest BCUT2D eigenvalue weighted by Gasteiger charge is -2.25. The molecular weight excluding hydrogens is 242 g/mol. The van der Waals surface area contributed by atoms with Crippen LogP contribution in [0.3, 0.4) is 0 Å². The van der Waals surface area contributed by atoms with Gasteiger partial charge in [-0.3, -0.25) is 0 Å². The van der Waals surface area contributed by atoms with Crippen LogP contribution in [0, 0.1) is 0 Å². The zero-order valence-electron chi connectivity index (χ0n) is 9.79. The van der Waals surface area contributed by atoms with E-state index in [9.17, 15) is 14.4 Å². The molecule has 0 radical (unpaired) electrons. The molecule has 1 fully saturated rings. The van der Waals surface area contributed by atoms with E-state index in [-0.39, 0.29) is 26.6 Å². The molecule has 0 bridgehead atoms. The molecule has 0 spiro atoms. The fraction of sp³-hybridized carbons (Fsp3) is 0.364. The zero-order valence-corrected chi connectivity index (χ0v) is 9.79. The fourth-order valence-electron chi connectivity index (χ4n) is 1.30. The number of carbonyl (C=O) groups is 3. The van der Waals surface area contributed by atoms with Gasteiger partial charge in [0.1, 0.15) is 13.2 Å². The number of amides is 1. The first-order valence-electron chi connectivity index (χ1n) is 5.16. The summed E-state index contributed by atoms with van der Waals surface area (Å²) >= 11 is 0. The number of carbonyl (C=O) groups excluding carboxylic acids is 3. The van der Waals surface area contributed by atoms with Gasteiger partial charge < -0.3 is 14.2 Å². The summed E-state index contributed by atoms with van der Waals surface area (Å²) in [6.07, 6.45) is 1.35. The maximum atomic E-state index is 11.6. The minimum atomic E-state index is -0.665. The van der Waals surface area contributed by atoms with Crippen LogP contribution in [0.5, 0.6) is 0 Å². The van der Waals surface area contributed by atoms with E-state index in [1.807, 2.05) is 0 Å². The molecule has 0 atom stereocenters. The Morgan fingerprint density at radius 1 is 1.22 bits per heavy atom. The van der Waals surface area contributed by atoms with Crippen molar-refractivity contribution in [2.24, 2.45) is 0 Å². The van der Waals surface area contributed by atoms with E-state index in [0.29, 0.717) is 0 Å². The first-order chi connectivity index (χ1) is 8.54. The van der Waals surface area contributed by atoms with Gasteiger partial charge >= 0.3 is 18.0 Å². The Bertz CT molecular complexity index is 365. The van der Waals surface area contributed by atoms with E-state index in [2.05, 4.69) is 13.2 Å². The summed E-state index contributed by atoms with van der Waals surface area (Å²) in [4.78, 5) is 33.6. The van der Waals surface area contributed by atoms with Crippen LogP contribution in [-0.2, 0) is 23.8 Å². The molecule has 7 heteroatoms. The molecule has 98 valence electrons. The second kappa shape index (κ2) is 5.97. The number of hydrogen-bond acceptors (Lipinski definition) is 6. The van der Waals surface area contributed by atoms with Gasteiger partial charge in [-0.25, -0.2) is 9.59 Å². The Labute approximate surface area is 104 Å². The monoisotopic (exact) mass is 256 g/mol. The summed E-state index contributed by atoms with van der Waals surface area (Å²) in [5.74, 6) is -1.33. The third kappa shape index (κ3) is 3.17. The zero-order chi connectivity index (χ0) is 13.6. The molecule has 0 unspecified atom stereocenters. The molecule has 0 aromatic carbocycles. The molecule has 1 rings (SSSR count). The largest absolute Gasteiger partial charge is 0.522 e. The average Bonchev–Trinajstić information content (AvgIpc) is 2.75. The molecule has 0 aromatic rings. The van der Waals surface area contributed by atoms with Crippen LogP contribution in [0.2, 0.25) is 0 Å². The second-order valence-corrected chi connectivity index (χ2v) is 3.58. The molecular formula is C11H14NO6+. The average molecular weight is 256 g/mol. The van der Waals surface area contributed by atoms with Gasteiger partial charge in [0.05, 0.1) is 0 Å². The lowest BCUT2D eigenvalue weighted by molar-refractivity contribution is -0.878. The highest BCUT2D eigenvalue weighted by molar-refractivity contribution is 5.81. The number of rotatable bonds is 6. The third-order valence-electron chi connectivity index (χ3n) is 2.37. The maximum Gasteiger partial charge on any atom is 0.522 e. The molecule has 1 aliphatic heterocycles. The van der Waals surface area contributed by atoms with E-state index in [4.69, 9.17) is 14.2 Å². The van der Waals surface area contributed by atoms with Crippen molar-refractivity contribution >= 4 is 18.0 Å². The van der Waals surface area contributed by atoms with Crippen molar-refractivity contribution in [1.82, 2.24) is 0 Å². The quantitative estimate of drug-likeness (QED) is 0.295. The number of cyclic esters (lactones) is 1. The van der Waals surface area contributed by atoms with E-state index in [1.54, 1.807) is 0 Å². The van der Waals surface area contributed by atoms with Gasteiger partial charge in [-0.15, -0.1) is 0 Å². The smallest absolute Gasteiger partial charge is 0.414 e. The molecule has 0 saturated carbocycles. The van der Waals surface area contributed by atoms with Crippen molar-refractivity contribution in [2.45, 2.75) is 0 Å². The number of hydrogen-bond donors (Lipinski definition) is 0. The highest BCUT2D eigenvalue weighted by Gasteiger charge is 2.46. The molecule has 1 saturated heterocycles. The number of esters is 2. The van der Waals surface area contributed by atoms with Crippen molar-refractivity contribution in [3.05, 3.63) is 25.3 Å². The summed E-state index contributed by atoms with van der Waals surface area (Å²) in [6.45, 7) is 6.37. The Hall–Kier alpha value is -2.15. The number of quaternary nitrogens is 1. The second-order valence-electron chi connectivity index (χ2n) is 3.58. The Balaban J connectivity index is 2.67. The van der Waals surface area contributed by atoms with Crippen molar-refractivity contribution in [2.75, 3.05) is 26.6 Å². The number of nitrogens with zero attached hydrogens (tertiary/aromatic N) is 1. The summed E-state index contributed by atoms with van der Waals surface area (Å²) in [7, 11) is 0. The normalized spacial score (nSPS) is 16.6. The lowest BCUT2D eigenvalue weighted by Crippen LogP contribution is -2.52. The molecule has 1 heterocycles. The van der Waals surface area contributed by atoms with Gasteiger partial charge in [0, 0.05) is 12.2 Å². The van der Waals surface area contributed by atoms with Crippen molar-refractivity contribution in [3.8, 4) is 0 Å². The van der Waals surface area contributed by atoms with Crippen LogP contribution < -0.4 is 0 Å². The first kappa shape index (κ1) is 13.9. The number of ether oxygens (including phenoxy) is 3. The minimum absolute atomic E-state index is 0.177. The van der Waals surface area contributed by atoms with Crippen molar-refractivity contribution in [3.63, 3.8) is 0 Å². The molecule has 1 amide bonds. The van der Waals surface area contributed by atoms with Crippen LogP contribution in [0.25, 0.3) is 0 Å². The van der Waals surface area contributed by atoms with Crippen molar-refractivity contribution in [1.29, 1.82) is 0 Å². The predicted molar refractivity (Wildman–Crippen MR) is 58.8 cm³/mol. The Kier molecular flexibility index (Phi) is 4.61. The van der Waals surface area contributed by atoms with Crippen molar-refractivity contribution < 1.29 is 33.1 Å². The molecule has 7 nitrogen and oxygen atoms in total. The molecule has 0 N–H and O–H groups in total. The predicted octanol–water partition coefficient (Wildman–Crippen LogP) is 0.327. The van der Waals surface area contributed by atoms with Gasteiger partial charge in [0.2, 0.25) is 13.5 Å². The minimum Gasteiger partial charge on any atom is -0.414 e. The van der Waals surface area contributed by atoms with Crippen LogP contribution in [0.4, 0.5) is 4.79 Å². The maximum absolute atomic E-state index is 11.6. The van der Waals surface area contributed by atoms with Gasteiger partial charge in [-0.05, 0) is 0 Å². The molecule has 0 aromatic heterocycles. The van der Waals surface area contributed by atoms with Crippen LogP contribution >= 0.6 is 0 Å². The lowest BCUT2D eigenvalue weighted by atomic mass is 10.5. The summed E-state index contributed by atoms with van der Waals surface area (Å²) in [5, 5.41) is 0. The topological polar surface area (TPSA) is 78.9 Å². The standard InChI is InChI=1S/C11H14NO6/c1-3-9(13)17-7-12(5-6-16-11(12)15)8-18-10(14)4-2/h3-4H,1-2,5-8H2/q+1. The van der Waals surface area contributed by atoms with E-state index in [1.165, 1.54) is 0 Å². The highest BCUT2D eigenvalue weighted by atomic mass is 16.6. The van der Waals surface area contributed by atoms with Crippen LogP contribution in [-0.4, -0.2) is 49.1 Å². The van der Waals surface area contributed by atoms with Gasteiger partial charge in [0.25, 0.3) is 0 Å². The highest BCUT2D eigenvalue weighted by Crippen LogP contribution is 2.17. The molecule has 1 aliphatic rings. The molecule has 0 aliphatic carbocycles. The van der Waals surface area contributed by atoms with Gasteiger partial charge in [-0.1, -0.05) is 13.2 Å². The summed E-state index contributed by atoms with van der Waals surface area (Å²) in [6, 6.07) is 0.